The van der Waals surface area contributed by atoms with Gasteiger partial charge in [0.25, 0.3) is 0 Å². The van der Waals surface area contributed by atoms with E-state index >= 15 is 0 Å². The van der Waals surface area contributed by atoms with E-state index in [-0.39, 0.29) is 16.8 Å². The van der Waals surface area contributed by atoms with Crippen molar-refractivity contribution >= 4 is 58.0 Å². The predicted octanol–water partition coefficient (Wildman–Crippen LogP) is 8.26. The number of benzene rings is 2. The van der Waals surface area contributed by atoms with Crippen LogP contribution < -0.4 is 10.6 Å². The van der Waals surface area contributed by atoms with Gasteiger partial charge in [0, 0.05) is 39.6 Å². The van der Waals surface area contributed by atoms with Crippen molar-refractivity contribution in [1.29, 1.82) is 5.26 Å². The molecule has 1 unspecified atom stereocenters. The topological polar surface area (TPSA) is 83.0 Å². The van der Waals surface area contributed by atoms with Gasteiger partial charge >= 0.3 is 0 Å². The first-order chi connectivity index (χ1) is 18.7. The van der Waals surface area contributed by atoms with Gasteiger partial charge in [-0.05, 0) is 79.3 Å². The van der Waals surface area contributed by atoms with Crippen LogP contribution in [0.4, 0.5) is 5.69 Å². The molecule has 0 bridgehead atoms. The number of allylic oxidation sites excluding steroid dienone is 3. The molecule has 2 aliphatic rings. The van der Waals surface area contributed by atoms with Gasteiger partial charge in [-0.15, -0.1) is 11.8 Å². The average Bonchev–Trinajstić information content (AvgIpc) is 2.90. The average molecular weight is 596 g/mol. The molecule has 9 heteroatoms. The number of rotatable bonds is 5. The summed E-state index contributed by atoms with van der Waals surface area (Å²) < 4.78 is 0. The molecule has 0 amide bonds. The van der Waals surface area contributed by atoms with Crippen LogP contribution in [0.3, 0.4) is 0 Å². The van der Waals surface area contributed by atoms with E-state index in [0.717, 1.165) is 32.8 Å². The van der Waals surface area contributed by atoms with Crippen LogP contribution in [-0.2, 0) is 10.5 Å². The first-order valence-electron chi connectivity index (χ1n) is 12.5. The number of nitrogens with zero attached hydrogens (tertiary/aromatic N) is 3. The lowest BCUT2D eigenvalue weighted by molar-refractivity contribution is -0.116. The zero-order valence-corrected chi connectivity index (χ0v) is 24.5. The molecule has 1 aliphatic heterocycles. The summed E-state index contributed by atoms with van der Waals surface area (Å²) in [5.41, 5.74) is 13.1. The van der Waals surface area contributed by atoms with Crippen molar-refractivity contribution in [2.24, 2.45) is 5.73 Å². The summed E-state index contributed by atoms with van der Waals surface area (Å²) in [5, 5.41) is 11.9. The number of carbonyl (C=O) groups excluding carboxylic acids is 1. The Morgan fingerprint density at radius 3 is 2.67 bits per heavy atom. The Hall–Kier alpha value is -2.95. The van der Waals surface area contributed by atoms with E-state index in [0.29, 0.717) is 51.9 Å². The van der Waals surface area contributed by atoms with Crippen LogP contribution in [0.1, 0.15) is 47.4 Å². The third-order valence-electron chi connectivity index (χ3n) is 7.21. The molecular weight excluding hydrogens is 571 g/mol. The van der Waals surface area contributed by atoms with E-state index < -0.39 is 5.92 Å². The number of aromatic nitrogens is 1. The number of halogens is 3. The second-order valence-electron chi connectivity index (χ2n) is 9.63. The van der Waals surface area contributed by atoms with Gasteiger partial charge in [-0.2, -0.15) is 5.26 Å². The Morgan fingerprint density at radius 2 is 1.92 bits per heavy atom. The molecule has 5 nitrogen and oxygen atoms in total. The maximum Gasteiger partial charge on any atom is 0.161 e. The van der Waals surface area contributed by atoms with E-state index in [1.54, 1.807) is 47.1 Å². The molecule has 1 aliphatic carbocycles. The minimum absolute atomic E-state index is 0.0214. The summed E-state index contributed by atoms with van der Waals surface area (Å²) in [5.74, 6) is 0.369. The third-order valence-corrected chi connectivity index (χ3v) is 9.28. The molecule has 5 rings (SSSR count). The summed E-state index contributed by atoms with van der Waals surface area (Å²) in [7, 11) is 0. The molecule has 0 saturated heterocycles. The maximum absolute atomic E-state index is 13.5. The lowest BCUT2D eigenvalue weighted by Crippen LogP contribution is -2.39. The number of thioether (sulfide) groups is 1. The summed E-state index contributed by atoms with van der Waals surface area (Å²) in [6.07, 6.45) is 3.35. The van der Waals surface area contributed by atoms with Crippen LogP contribution in [0, 0.1) is 25.2 Å². The Balaban J connectivity index is 1.64. The fourth-order valence-corrected chi connectivity index (χ4v) is 7.10. The van der Waals surface area contributed by atoms with Crippen molar-refractivity contribution in [1.82, 2.24) is 4.98 Å². The number of nitriles is 1. The van der Waals surface area contributed by atoms with Gasteiger partial charge in [0.1, 0.15) is 5.82 Å². The molecule has 0 fully saturated rings. The normalized spacial score (nSPS) is 17.4. The molecule has 0 radical (unpaired) electrons. The standard InChI is InChI=1S/C30H25Cl3N4OS/c1-16-11-17(2)20(12-18(16)15-39-26-13-19(31)8-9-22(26)32)27-21(14-34)30(35)37(24-6-4-10-36-29(24)33)23-5-3-7-25(38)28(23)27/h4,6,8-13,27H,3,5,7,15,35H2,1-2H3. The van der Waals surface area contributed by atoms with E-state index in [1.165, 1.54) is 0 Å². The number of anilines is 1. The monoisotopic (exact) mass is 594 g/mol. The Kier molecular flexibility index (Phi) is 7.98. The van der Waals surface area contributed by atoms with Gasteiger partial charge in [0.15, 0.2) is 10.9 Å². The molecule has 2 N–H and O–H groups in total. The summed E-state index contributed by atoms with van der Waals surface area (Å²) in [6, 6.07) is 15.5. The number of hydrogen-bond acceptors (Lipinski definition) is 6. The van der Waals surface area contributed by atoms with Crippen molar-refractivity contribution in [3.63, 3.8) is 0 Å². The van der Waals surface area contributed by atoms with Crippen LogP contribution in [0.25, 0.3) is 0 Å². The highest BCUT2D eigenvalue weighted by atomic mass is 35.5. The van der Waals surface area contributed by atoms with Crippen LogP contribution >= 0.6 is 46.6 Å². The number of hydrogen-bond donors (Lipinski definition) is 1. The van der Waals surface area contributed by atoms with Crippen molar-refractivity contribution < 1.29 is 4.79 Å². The van der Waals surface area contributed by atoms with Crippen molar-refractivity contribution in [2.75, 3.05) is 4.90 Å². The number of ketones is 1. The second kappa shape index (κ2) is 11.3. The summed E-state index contributed by atoms with van der Waals surface area (Å²) >= 11 is 20.7. The van der Waals surface area contributed by atoms with Gasteiger partial charge < -0.3 is 5.73 Å². The first-order valence-corrected chi connectivity index (χ1v) is 14.6. The van der Waals surface area contributed by atoms with Crippen molar-refractivity contribution in [2.45, 2.75) is 49.7 Å². The van der Waals surface area contributed by atoms with Crippen LogP contribution in [0.15, 0.2) is 76.2 Å². The predicted molar refractivity (Wildman–Crippen MR) is 159 cm³/mol. The molecule has 198 valence electrons. The molecule has 2 aromatic carbocycles. The maximum atomic E-state index is 13.5. The second-order valence-corrected chi connectivity index (χ2v) is 11.8. The van der Waals surface area contributed by atoms with Gasteiger partial charge in [-0.25, -0.2) is 4.98 Å². The molecular formula is C30H25Cl3N4OS. The minimum Gasteiger partial charge on any atom is -0.384 e. The van der Waals surface area contributed by atoms with Crippen LogP contribution in [-0.4, -0.2) is 10.8 Å². The lowest BCUT2D eigenvalue weighted by Gasteiger charge is -2.40. The van der Waals surface area contributed by atoms with Gasteiger partial charge in [0.2, 0.25) is 0 Å². The molecule has 3 aromatic rings. The Bertz CT molecular complexity index is 1610. The van der Waals surface area contributed by atoms with Gasteiger partial charge in [0.05, 0.1) is 28.3 Å². The van der Waals surface area contributed by atoms with E-state index in [4.69, 9.17) is 40.5 Å². The van der Waals surface area contributed by atoms with E-state index in [1.807, 2.05) is 13.0 Å². The quantitative estimate of drug-likeness (QED) is 0.236. The SMILES string of the molecule is Cc1cc(C)c(C2C(C#N)=C(N)N(c3cccnc3Cl)C3=C2C(=O)CCC3)cc1CSc1cc(Cl)ccc1Cl. The van der Waals surface area contributed by atoms with Crippen LogP contribution in [0.2, 0.25) is 15.2 Å². The van der Waals surface area contributed by atoms with E-state index in [2.05, 4.69) is 30.1 Å². The fourth-order valence-electron chi connectivity index (χ4n) is 5.34. The molecule has 0 saturated carbocycles. The highest BCUT2D eigenvalue weighted by Gasteiger charge is 2.41. The smallest absolute Gasteiger partial charge is 0.161 e. The largest absolute Gasteiger partial charge is 0.384 e. The highest BCUT2D eigenvalue weighted by molar-refractivity contribution is 7.98. The fraction of sp³-hybridized carbons (Fsp3) is 0.233. The number of nitrogens with two attached hydrogens (primary N) is 1. The zero-order chi connectivity index (χ0) is 27.8. The number of pyridine rings is 1. The number of aryl methyl sites for hydroxylation is 2. The Labute approximate surface area is 247 Å². The van der Waals surface area contributed by atoms with Gasteiger partial charge in [-0.3, -0.25) is 9.69 Å². The number of Topliss-reactive ketones (excluding diaryl/α,β-unsaturated/α-hetero) is 1. The van der Waals surface area contributed by atoms with Crippen LogP contribution in [0.5, 0.6) is 0 Å². The molecule has 2 heterocycles. The molecule has 39 heavy (non-hydrogen) atoms. The third kappa shape index (κ3) is 5.17. The summed E-state index contributed by atoms with van der Waals surface area (Å²) in [6.45, 7) is 4.07. The zero-order valence-electron chi connectivity index (χ0n) is 21.4. The Morgan fingerprint density at radius 1 is 1.13 bits per heavy atom. The molecule has 1 aromatic heterocycles. The highest BCUT2D eigenvalue weighted by Crippen LogP contribution is 2.48. The van der Waals surface area contributed by atoms with Crippen molar-refractivity contribution in [3.8, 4) is 6.07 Å². The molecule has 0 spiro atoms. The first kappa shape index (κ1) is 27.6. The number of carbonyl (C=O) groups is 1. The molecule has 1 atom stereocenters. The van der Waals surface area contributed by atoms with E-state index in [9.17, 15) is 10.1 Å². The lowest BCUT2D eigenvalue weighted by atomic mass is 9.74. The van der Waals surface area contributed by atoms with Crippen molar-refractivity contribution in [3.05, 3.63) is 109 Å². The van der Waals surface area contributed by atoms with Gasteiger partial charge in [-0.1, -0.05) is 46.9 Å². The minimum atomic E-state index is -0.566. The summed E-state index contributed by atoms with van der Waals surface area (Å²) in [4.78, 5) is 20.4.